The number of Topliss-reactive ketones (excluding diaryl/α,β-unsaturated/α-hetero) is 1. The number of nitrogens with zero attached hydrogens (tertiary/aromatic N) is 2. The Morgan fingerprint density at radius 2 is 1.66 bits per heavy atom. The minimum absolute atomic E-state index is 0.121. The van der Waals surface area contributed by atoms with Crippen molar-refractivity contribution < 1.29 is 27.5 Å². The molecule has 9 heteroatoms. The Labute approximate surface area is 171 Å². The lowest BCUT2D eigenvalue weighted by molar-refractivity contribution is -0.0907. The van der Waals surface area contributed by atoms with Crippen molar-refractivity contribution in [3.8, 4) is 0 Å². The third kappa shape index (κ3) is 4.46. The van der Waals surface area contributed by atoms with E-state index in [0.717, 1.165) is 0 Å². The van der Waals surface area contributed by atoms with Crippen LogP contribution < -0.4 is 0 Å². The number of likely N-dealkylation sites (tertiary alicyclic amines) is 1. The van der Waals surface area contributed by atoms with E-state index < -0.39 is 27.4 Å². The van der Waals surface area contributed by atoms with Gasteiger partial charge in [-0.1, -0.05) is 12.1 Å². The van der Waals surface area contributed by atoms with Crippen LogP contribution in [0.15, 0.2) is 29.2 Å². The van der Waals surface area contributed by atoms with Gasteiger partial charge in [-0.05, 0) is 39.8 Å². The van der Waals surface area contributed by atoms with E-state index in [2.05, 4.69) is 0 Å². The summed E-state index contributed by atoms with van der Waals surface area (Å²) in [4.78, 5) is 25.5. The average Bonchev–Trinajstić information content (AvgIpc) is 3.04. The Morgan fingerprint density at radius 3 is 2.17 bits per heavy atom. The SMILES string of the molecule is CC(=O)c1ccc(S(=O)(=O)N2CCOC23CCN(C(=O)OC(C)(C)C)CC3)cc1. The fourth-order valence-electron chi connectivity index (χ4n) is 3.68. The maximum absolute atomic E-state index is 13.2. The highest BCUT2D eigenvalue weighted by Crippen LogP contribution is 2.38. The van der Waals surface area contributed by atoms with Gasteiger partial charge in [0.25, 0.3) is 0 Å². The number of amides is 1. The molecule has 0 bridgehead atoms. The summed E-state index contributed by atoms with van der Waals surface area (Å²) in [6.07, 6.45) is 0.341. The molecule has 0 aromatic heterocycles. The number of benzene rings is 1. The summed E-state index contributed by atoms with van der Waals surface area (Å²) in [5.74, 6) is -0.121. The molecule has 1 amide bonds. The molecule has 2 saturated heterocycles. The molecule has 8 nitrogen and oxygen atoms in total. The van der Waals surface area contributed by atoms with Gasteiger partial charge in [0.15, 0.2) is 5.78 Å². The van der Waals surface area contributed by atoms with E-state index in [-0.39, 0.29) is 17.2 Å². The van der Waals surface area contributed by atoms with Crippen molar-refractivity contribution in [3.05, 3.63) is 29.8 Å². The Kier molecular flexibility index (Phi) is 5.77. The van der Waals surface area contributed by atoms with Crippen molar-refractivity contribution in [3.63, 3.8) is 0 Å². The molecule has 2 heterocycles. The molecule has 1 spiro atoms. The summed E-state index contributed by atoms with van der Waals surface area (Å²) >= 11 is 0. The van der Waals surface area contributed by atoms with Gasteiger partial charge in [-0.15, -0.1) is 0 Å². The number of hydrogen-bond donors (Lipinski definition) is 0. The molecule has 0 N–H and O–H groups in total. The van der Waals surface area contributed by atoms with E-state index in [9.17, 15) is 18.0 Å². The van der Waals surface area contributed by atoms with Gasteiger partial charge in [-0.3, -0.25) is 4.79 Å². The molecular weight excluding hydrogens is 396 g/mol. The van der Waals surface area contributed by atoms with Gasteiger partial charge < -0.3 is 14.4 Å². The van der Waals surface area contributed by atoms with Crippen LogP contribution in [0.3, 0.4) is 0 Å². The van der Waals surface area contributed by atoms with Crippen molar-refractivity contribution in [2.75, 3.05) is 26.2 Å². The molecule has 29 heavy (non-hydrogen) atoms. The number of hydrogen-bond acceptors (Lipinski definition) is 6. The second kappa shape index (κ2) is 7.70. The number of sulfonamides is 1. The minimum atomic E-state index is -3.79. The molecule has 0 unspecified atom stereocenters. The quantitative estimate of drug-likeness (QED) is 0.693. The number of piperidine rings is 1. The van der Waals surface area contributed by atoms with E-state index >= 15 is 0 Å². The summed E-state index contributed by atoms with van der Waals surface area (Å²) < 4.78 is 39.2. The molecule has 160 valence electrons. The van der Waals surface area contributed by atoms with E-state index in [1.54, 1.807) is 4.90 Å². The highest BCUT2D eigenvalue weighted by Gasteiger charge is 2.51. The van der Waals surface area contributed by atoms with Gasteiger partial charge in [-0.2, -0.15) is 4.31 Å². The smallest absolute Gasteiger partial charge is 0.410 e. The number of carbonyl (C=O) groups is 2. The summed E-state index contributed by atoms with van der Waals surface area (Å²) in [6.45, 7) is 8.12. The first-order chi connectivity index (χ1) is 13.4. The lowest BCUT2D eigenvalue weighted by Crippen LogP contribution is -2.56. The Balaban J connectivity index is 1.76. The van der Waals surface area contributed by atoms with Gasteiger partial charge >= 0.3 is 6.09 Å². The summed E-state index contributed by atoms with van der Waals surface area (Å²) in [5, 5.41) is 0. The molecule has 0 radical (unpaired) electrons. The van der Waals surface area contributed by atoms with E-state index in [1.165, 1.54) is 35.5 Å². The van der Waals surface area contributed by atoms with Crippen LogP contribution in [-0.4, -0.2) is 67.1 Å². The van der Waals surface area contributed by atoms with Crippen LogP contribution >= 0.6 is 0 Å². The van der Waals surface area contributed by atoms with E-state index in [0.29, 0.717) is 38.1 Å². The minimum Gasteiger partial charge on any atom is -0.444 e. The van der Waals surface area contributed by atoms with Gasteiger partial charge in [0.2, 0.25) is 10.0 Å². The third-order valence-corrected chi connectivity index (χ3v) is 7.13. The van der Waals surface area contributed by atoms with E-state index in [1.807, 2.05) is 20.8 Å². The van der Waals surface area contributed by atoms with Crippen molar-refractivity contribution in [2.45, 2.75) is 56.8 Å². The summed E-state index contributed by atoms with van der Waals surface area (Å²) in [6, 6.07) is 5.94. The highest BCUT2D eigenvalue weighted by atomic mass is 32.2. The molecule has 1 aromatic carbocycles. The number of carbonyl (C=O) groups excluding carboxylic acids is 2. The third-order valence-electron chi connectivity index (χ3n) is 5.16. The van der Waals surface area contributed by atoms with Crippen LogP contribution in [0.1, 0.15) is 50.9 Å². The monoisotopic (exact) mass is 424 g/mol. The first kappa shape index (κ1) is 21.7. The topological polar surface area (TPSA) is 93.2 Å². The van der Waals surface area contributed by atoms with Gasteiger partial charge in [0, 0.05) is 38.0 Å². The van der Waals surface area contributed by atoms with Gasteiger partial charge in [0.05, 0.1) is 11.5 Å². The second-order valence-corrected chi connectivity index (χ2v) is 10.3. The first-order valence-electron chi connectivity index (χ1n) is 9.70. The number of rotatable bonds is 3. The maximum Gasteiger partial charge on any atom is 0.410 e. The lowest BCUT2D eigenvalue weighted by Gasteiger charge is -2.42. The van der Waals surface area contributed by atoms with Crippen LogP contribution in [0, 0.1) is 0 Å². The molecule has 0 aliphatic carbocycles. The normalized spacial score (nSPS) is 20.1. The molecule has 1 aromatic rings. The fraction of sp³-hybridized carbons (Fsp3) is 0.600. The number of ketones is 1. The zero-order valence-electron chi connectivity index (χ0n) is 17.3. The highest BCUT2D eigenvalue weighted by molar-refractivity contribution is 7.89. The second-order valence-electron chi connectivity index (χ2n) is 8.42. The molecule has 2 fully saturated rings. The Morgan fingerprint density at radius 1 is 1.07 bits per heavy atom. The zero-order chi connectivity index (χ0) is 21.4. The molecular formula is C20H28N2O6S. The van der Waals surface area contributed by atoms with Crippen LogP contribution in [0.5, 0.6) is 0 Å². The molecule has 3 rings (SSSR count). The number of ether oxygens (including phenoxy) is 2. The van der Waals surface area contributed by atoms with Crippen LogP contribution in [0.4, 0.5) is 4.79 Å². The first-order valence-corrected chi connectivity index (χ1v) is 11.1. The van der Waals surface area contributed by atoms with Gasteiger partial charge in [-0.25, -0.2) is 13.2 Å². The Hall–Kier alpha value is -1.97. The predicted molar refractivity (Wildman–Crippen MR) is 106 cm³/mol. The maximum atomic E-state index is 13.2. The Bertz CT molecular complexity index is 881. The van der Waals surface area contributed by atoms with Crippen molar-refractivity contribution in [1.29, 1.82) is 0 Å². The van der Waals surface area contributed by atoms with Crippen molar-refractivity contribution >= 4 is 21.9 Å². The van der Waals surface area contributed by atoms with E-state index in [4.69, 9.17) is 9.47 Å². The summed E-state index contributed by atoms with van der Waals surface area (Å²) in [7, 11) is -3.79. The van der Waals surface area contributed by atoms with Crippen LogP contribution in [-0.2, 0) is 19.5 Å². The fourth-order valence-corrected chi connectivity index (χ4v) is 5.40. The molecule has 0 atom stereocenters. The molecule has 2 aliphatic rings. The van der Waals surface area contributed by atoms with Gasteiger partial charge in [0.1, 0.15) is 11.3 Å². The van der Waals surface area contributed by atoms with Crippen molar-refractivity contribution in [1.82, 2.24) is 9.21 Å². The summed E-state index contributed by atoms with van der Waals surface area (Å²) in [5.41, 5.74) is -1.09. The lowest BCUT2D eigenvalue weighted by atomic mass is 10.0. The van der Waals surface area contributed by atoms with Crippen LogP contribution in [0.25, 0.3) is 0 Å². The van der Waals surface area contributed by atoms with Crippen LogP contribution in [0.2, 0.25) is 0 Å². The zero-order valence-corrected chi connectivity index (χ0v) is 18.1. The standard InChI is InChI=1S/C20H28N2O6S/c1-15(23)16-5-7-17(8-6-16)29(25,26)22-13-14-27-20(22)9-11-21(12-10-20)18(24)28-19(2,3)4/h5-8H,9-14H2,1-4H3. The predicted octanol–water partition coefficient (Wildman–Crippen LogP) is 2.64. The molecule has 0 saturated carbocycles. The average molecular weight is 425 g/mol. The largest absolute Gasteiger partial charge is 0.444 e. The van der Waals surface area contributed by atoms with Crippen molar-refractivity contribution in [2.24, 2.45) is 0 Å². The molecule has 2 aliphatic heterocycles.